The van der Waals surface area contributed by atoms with E-state index in [9.17, 15) is 4.79 Å². The molecule has 0 bridgehead atoms. The van der Waals surface area contributed by atoms with Gasteiger partial charge in [0.05, 0.1) is 0 Å². The maximum Gasteiger partial charge on any atom is 0.248 e. The molecule has 0 aliphatic heterocycles. The molecular formula is C16H18N4OS. The predicted molar refractivity (Wildman–Crippen MR) is 86.7 cm³/mol. The average molecular weight is 314 g/mol. The lowest BCUT2D eigenvalue weighted by molar-refractivity contribution is 0.100. The van der Waals surface area contributed by atoms with Crippen molar-refractivity contribution in [1.82, 2.24) is 14.8 Å². The van der Waals surface area contributed by atoms with Crippen LogP contribution >= 0.6 is 11.8 Å². The molecule has 1 aromatic heterocycles. The first-order valence-electron chi connectivity index (χ1n) is 7.24. The van der Waals surface area contributed by atoms with Gasteiger partial charge in [-0.1, -0.05) is 30.0 Å². The summed E-state index contributed by atoms with van der Waals surface area (Å²) in [6.07, 6.45) is 4.28. The highest BCUT2D eigenvalue weighted by molar-refractivity contribution is 7.98. The van der Waals surface area contributed by atoms with Crippen molar-refractivity contribution in [3.05, 3.63) is 53.9 Å². The number of rotatable bonds is 7. The molecular weight excluding hydrogens is 296 g/mol. The third-order valence-electron chi connectivity index (χ3n) is 3.61. The van der Waals surface area contributed by atoms with Crippen LogP contribution in [-0.4, -0.2) is 20.7 Å². The third-order valence-corrected chi connectivity index (χ3v) is 4.64. The molecule has 0 radical (unpaired) electrons. The van der Waals surface area contributed by atoms with E-state index in [0.717, 1.165) is 28.8 Å². The second kappa shape index (κ2) is 6.36. The highest BCUT2D eigenvalue weighted by Gasteiger charge is 2.30. The first kappa shape index (κ1) is 14.8. The van der Waals surface area contributed by atoms with Crippen molar-refractivity contribution in [2.24, 2.45) is 5.73 Å². The average Bonchev–Trinajstić information content (AvgIpc) is 3.29. The van der Waals surface area contributed by atoms with E-state index >= 15 is 0 Å². The van der Waals surface area contributed by atoms with E-state index in [0.29, 0.717) is 11.5 Å². The quantitative estimate of drug-likeness (QED) is 0.630. The van der Waals surface area contributed by atoms with Crippen LogP contribution in [0.2, 0.25) is 0 Å². The van der Waals surface area contributed by atoms with Crippen molar-refractivity contribution in [2.45, 2.75) is 36.2 Å². The maximum absolute atomic E-state index is 11.1. The topological polar surface area (TPSA) is 73.8 Å². The predicted octanol–water partition coefficient (Wildman–Crippen LogP) is 2.73. The van der Waals surface area contributed by atoms with Crippen molar-refractivity contribution >= 4 is 17.7 Å². The van der Waals surface area contributed by atoms with Crippen LogP contribution in [0.25, 0.3) is 0 Å². The van der Waals surface area contributed by atoms with Gasteiger partial charge in [0.1, 0.15) is 5.82 Å². The Bertz CT molecular complexity index is 689. The lowest BCUT2D eigenvalue weighted by Crippen LogP contribution is -2.10. The van der Waals surface area contributed by atoms with Crippen molar-refractivity contribution in [3.63, 3.8) is 0 Å². The summed E-state index contributed by atoms with van der Waals surface area (Å²) in [4.78, 5) is 11.1. The Labute approximate surface area is 133 Å². The molecule has 1 aliphatic carbocycles. The van der Waals surface area contributed by atoms with E-state index < -0.39 is 5.91 Å². The summed E-state index contributed by atoms with van der Waals surface area (Å²) in [5.74, 6) is 2.01. The van der Waals surface area contributed by atoms with Gasteiger partial charge in [0.25, 0.3) is 0 Å². The number of carbonyl (C=O) groups is 1. The van der Waals surface area contributed by atoms with Gasteiger partial charge in [-0.25, -0.2) is 0 Å². The molecule has 0 spiro atoms. The van der Waals surface area contributed by atoms with Crippen molar-refractivity contribution in [2.75, 3.05) is 0 Å². The molecule has 2 N–H and O–H groups in total. The van der Waals surface area contributed by atoms with Crippen LogP contribution in [0, 0.1) is 0 Å². The molecule has 3 rings (SSSR count). The van der Waals surface area contributed by atoms with Crippen LogP contribution in [-0.2, 0) is 12.3 Å². The highest BCUT2D eigenvalue weighted by atomic mass is 32.2. The number of hydrogen-bond donors (Lipinski definition) is 1. The van der Waals surface area contributed by atoms with Gasteiger partial charge in [0, 0.05) is 23.8 Å². The standard InChI is InChI=1S/C16H18N4OS/c1-2-9-20-15(13-7-8-13)18-19-16(20)22-10-11-3-5-12(6-4-11)14(17)21/h2-6,13H,1,7-10H2,(H2,17,21). The Morgan fingerprint density at radius 3 is 2.68 bits per heavy atom. The molecule has 5 nitrogen and oxygen atoms in total. The second-order valence-electron chi connectivity index (χ2n) is 5.36. The van der Waals surface area contributed by atoms with Gasteiger partial charge < -0.3 is 10.3 Å². The van der Waals surface area contributed by atoms with Crippen molar-refractivity contribution in [3.8, 4) is 0 Å². The zero-order valence-electron chi connectivity index (χ0n) is 12.2. The normalized spacial score (nSPS) is 14.0. The van der Waals surface area contributed by atoms with Crippen molar-refractivity contribution in [1.29, 1.82) is 0 Å². The lowest BCUT2D eigenvalue weighted by Gasteiger charge is -2.07. The fourth-order valence-electron chi connectivity index (χ4n) is 2.26. The molecule has 114 valence electrons. The Morgan fingerprint density at radius 2 is 2.09 bits per heavy atom. The van der Waals surface area contributed by atoms with E-state index in [4.69, 9.17) is 5.73 Å². The summed E-state index contributed by atoms with van der Waals surface area (Å²) in [5, 5.41) is 9.56. The monoisotopic (exact) mass is 314 g/mol. The lowest BCUT2D eigenvalue weighted by atomic mass is 10.1. The number of nitrogens with two attached hydrogens (primary N) is 1. The van der Waals surface area contributed by atoms with Crippen LogP contribution in [0.4, 0.5) is 0 Å². The summed E-state index contributed by atoms with van der Waals surface area (Å²) in [7, 11) is 0. The fourth-order valence-corrected chi connectivity index (χ4v) is 3.17. The molecule has 2 aromatic rings. The van der Waals surface area contributed by atoms with Crippen LogP contribution in [0.1, 0.15) is 40.5 Å². The minimum absolute atomic E-state index is 0.404. The number of thioether (sulfide) groups is 1. The van der Waals surface area contributed by atoms with E-state index in [1.54, 1.807) is 23.9 Å². The number of amides is 1. The SMILES string of the molecule is C=CCn1c(SCc2ccc(C(N)=O)cc2)nnc1C1CC1. The smallest absolute Gasteiger partial charge is 0.248 e. The van der Waals surface area contributed by atoms with E-state index in [1.165, 1.54) is 12.8 Å². The molecule has 0 saturated heterocycles. The Hall–Kier alpha value is -2.08. The van der Waals surface area contributed by atoms with Gasteiger partial charge in [-0.3, -0.25) is 4.79 Å². The molecule has 0 unspecified atom stereocenters. The molecule has 1 saturated carbocycles. The van der Waals surface area contributed by atoms with E-state index in [-0.39, 0.29) is 0 Å². The number of benzene rings is 1. The van der Waals surface area contributed by atoms with Gasteiger partial charge in [-0.05, 0) is 30.5 Å². The van der Waals surface area contributed by atoms with Crippen LogP contribution < -0.4 is 5.73 Å². The van der Waals surface area contributed by atoms with Gasteiger partial charge in [0.15, 0.2) is 5.16 Å². The molecule has 1 heterocycles. The zero-order chi connectivity index (χ0) is 15.5. The largest absolute Gasteiger partial charge is 0.366 e. The number of nitrogens with zero attached hydrogens (tertiary/aromatic N) is 3. The first-order valence-corrected chi connectivity index (χ1v) is 8.23. The Kier molecular flexibility index (Phi) is 4.29. The van der Waals surface area contributed by atoms with Gasteiger partial charge in [-0.15, -0.1) is 16.8 Å². The second-order valence-corrected chi connectivity index (χ2v) is 6.31. The van der Waals surface area contributed by atoms with Crippen molar-refractivity contribution < 1.29 is 4.79 Å². The molecule has 1 aliphatic rings. The molecule has 1 amide bonds. The Morgan fingerprint density at radius 1 is 1.36 bits per heavy atom. The summed E-state index contributed by atoms with van der Waals surface area (Å²) >= 11 is 1.65. The Balaban J connectivity index is 1.70. The van der Waals surface area contributed by atoms with Crippen LogP contribution in [0.15, 0.2) is 42.1 Å². The van der Waals surface area contributed by atoms with Gasteiger partial charge >= 0.3 is 0 Å². The molecule has 22 heavy (non-hydrogen) atoms. The summed E-state index contributed by atoms with van der Waals surface area (Å²) < 4.78 is 2.15. The number of carbonyl (C=O) groups excluding carboxylic acids is 1. The van der Waals surface area contributed by atoms with Gasteiger partial charge in [0.2, 0.25) is 5.91 Å². The fraction of sp³-hybridized carbons (Fsp3) is 0.312. The van der Waals surface area contributed by atoms with Crippen LogP contribution in [0.3, 0.4) is 0 Å². The number of allylic oxidation sites excluding steroid dienone is 1. The summed E-state index contributed by atoms with van der Waals surface area (Å²) in [6, 6.07) is 7.34. The zero-order valence-corrected chi connectivity index (χ0v) is 13.1. The van der Waals surface area contributed by atoms with E-state index in [2.05, 4.69) is 21.3 Å². The molecule has 0 atom stereocenters. The van der Waals surface area contributed by atoms with Gasteiger partial charge in [-0.2, -0.15) is 0 Å². The number of hydrogen-bond acceptors (Lipinski definition) is 4. The van der Waals surface area contributed by atoms with E-state index in [1.807, 2.05) is 18.2 Å². The third kappa shape index (κ3) is 3.22. The van der Waals surface area contributed by atoms with Crippen LogP contribution in [0.5, 0.6) is 0 Å². The molecule has 1 fully saturated rings. The number of primary amides is 1. The maximum atomic E-state index is 11.1. The highest BCUT2D eigenvalue weighted by Crippen LogP contribution is 2.40. The first-order chi connectivity index (χ1) is 10.7. The molecule has 1 aromatic carbocycles. The number of aromatic nitrogens is 3. The summed E-state index contributed by atoms with van der Waals surface area (Å²) in [5.41, 5.74) is 6.89. The molecule has 6 heteroatoms. The summed E-state index contributed by atoms with van der Waals surface area (Å²) in [6.45, 7) is 4.55. The minimum atomic E-state index is -0.404. The minimum Gasteiger partial charge on any atom is -0.366 e.